The van der Waals surface area contributed by atoms with Crippen molar-refractivity contribution >= 4 is 17.5 Å². The van der Waals surface area contributed by atoms with Crippen LogP contribution < -0.4 is 26.6 Å². The van der Waals surface area contributed by atoms with Crippen LogP contribution in [0.3, 0.4) is 0 Å². The van der Waals surface area contributed by atoms with E-state index in [1.165, 1.54) is 16.7 Å². The van der Waals surface area contributed by atoms with Crippen molar-refractivity contribution in [2.45, 2.75) is 141 Å². The zero-order chi connectivity index (χ0) is 60.7. The molecule has 13 atom stereocenters. The number of esters is 2. The number of β-amino-alcohol motifs (C(OH)–C–C–N with tert-alkyl or cyclic N) is 1. The van der Waals surface area contributed by atoms with E-state index in [0.717, 1.165) is 123 Å². The molecule has 1 spiro atoms. The van der Waals surface area contributed by atoms with Gasteiger partial charge in [0.15, 0.2) is 0 Å². The summed E-state index contributed by atoms with van der Waals surface area (Å²) < 4.78 is 13.5. The summed E-state index contributed by atoms with van der Waals surface area (Å²) in [5.74, 6) is 6.93. The Morgan fingerprint density at radius 3 is 2.56 bits per heavy atom. The van der Waals surface area contributed by atoms with Gasteiger partial charge < -0.3 is 56.5 Å². The predicted molar refractivity (Wildman–Crippen MR) is 342 cm³/mol. The van der Waals surface area contributed by atoms with Crippen LogP contribution in [0.4, 0.5) is 0 Å². The lowest BCUT2D eigenvalue weighted by Gasteiger charge is -2.56. The molecule has 13 heteroatoms. The van der Waals surface area contributed by atoms with Gasteiger partial charge >= 0.3 is 11.9 Å². The lowest BCUT2D eigenvalue weighted by molar-refractivity contribution is -0.135. The lowest BCUT2D eigenvalue weighted by Crippen LogP contribution is -2.52. The molecule has 0 amide bonds. The molecule has 4 aromatic carbocycles. The van der Waals surface area contributed by atoms with Gasteiger partial charge in [0, 0.05) is 61.7 Å². The first-order valence-corrected chi connectivity index (χ1v) is 33.2. The molecule has 11 aliphatic rings. The van der Waals surface area contributed by atoms with Crippen LogP contribution in [0.2, 0.25) is 0 Å². The van der Waals surface area contributed by atoms with Crippen molar-refractivity contribution in [3.05, 3.63) is 165 Å². The zero-order valence-electron chi connectivity index (χ0n) is 51.8. The minimum atomic E-state index is -1.11. The van der Waals surface area contributed by atoms with Gasteiger partial charge in [-0.1, -0.05) is 91.6 Å². The van der Waals surface area contributed by atoms with Gasteiger partial charge in [-0.15, -0.1) is 0 Å². The molecule has 15 rings (SSSR count). The van der Waals surface area contributed by atoms with Gasteiger partial charge in [-0.25, -0.2) is 9.59 Å². The van der Waals surface area contributed by atoms with Crippen molar-refractivity contribution < 1.29 is 39.5 Å². The molecule has 0 unspecified atom stereocenters. The molecular weight excluding hydrogens is 1100 g/mol. The van der Waals surface area contributed by atoms with Crippen molar-refractivity contribution in [1.29, 1.82) is 0 Å². The fourth-order valence-corrected chi connectivity index (χ4v) is 18.2. The molecule has 0 radical (unpaired) electrons. The molecule has 6 heterocycles. The van der Waals surface area contributed by atoms with Gasteiger partial charge in [-0.3, -0.25) is 0 Å². The van der Waals surface area contributed by atoms with Crippen LogP contribution in [0, 0.1) is 70.0 Å². The van der Waals surface area contributed by atoms with E-state index in [1.807, 2.05) is 44.3 Å². The topological polar surface area (TPSA) is 194 Å². The summed E-state index contributed by atoms with van der Waals surface area (Å²) in [5.41, 5.74) is 9.38. The number of aliphatic hydroxyl groups excluding tert-OH is 2. The highest BCUT2D eigenvalue weighted by molar-refractivity contribution is 6.07. The van der Waals surface area contributed by atoms with Gasteiger partial charge in [-0.05, 0) is 245 Å². The second-order valence-corrected chi connectivity index (χ2v) is 27.8. The molecule has 464 valence electrons. The van der Waals surface area contributed by atoms with E-state index in [1.54, 1.807) is 6.07 Å². The molecule has 14 bridgehead atoms. The second kappa shape index (κ2) is 25.6. The van der Waals surface area contributed by atoms with Gasteiger partial charge in [-0.2, -0.15) is 0 Å². The number of carbonyl (C=O) groups excluding carboxylic acids is 2. The summed E-state index contributed by atoms with van der Waals surface area (Å²) in [4.78, 5) is 30.9. The summed E-state index contributed by atoms with van der Waals surface area (Å²) in [5, 5.41) is 64.3. The van der Waals surface area contributed by atoms with Crippen molar-refractivity contribution in [1.82, 2.24) is 26.6 Å². The summed E-state index contributed by atoms with van der Waals surface area (Å²) in [6.07, 6.45) is 15.6. The first-order chi connectivity index (χ1) is 42.8. The monoisotopic (exact) mass is 1190 g/mol. The van der Waals surface area contributed by atoms with Crippen LogP contribution in [0.5, 0.6) is 5.75 Å². The Morgan fingerprint density at radius 2 is 1.73 bits per heavy atom. The highest BCUT2D eigenvalue weighted by Gasteiger charge is 2.69. The maximum atomic E-state index is 15.5. The third-order valence-corrected chi connectivity index (χ3v) is 22.2. The van der Waals surface area contributed by atoms with E-state index in [4.69, 9.17) is 9.47 Å². The maximum absolute atomic E-state index is 15.5. The Morgan fingerprint density at radius 1 is 0.852 bits per heavy atom. The van der Waals surface area contributed by atoms with Gasteiger partial charge in [0.2, 0.25) is 0 Å². The molecule has 4 fully saturated rings. The number of hydrogen-bond acceptors (Lipinski definition) is 13. The first kappa shape index (κ1) is 60.7. The molecule has 5 aliphatic carbocycles. The smallest absolute Gasteiger partial charge is 0.340 e. The molecule has 2 saturated carbocycles. The van der Waals surface area contributed by atoms with Gasteiger partial charge in [0.25, 0.3) is 0 Å². The van der Waals surface area contributed by atoms with Crippen LogP contribution in [0.1, 0.15) is 137 Å². The van der Waals surface area contributed by atoms with Crippen molar-refractivity contribution in [2.75, 3.05) is 46.4 Å². The molecule has 2 saturated heterocycles. The summed E-state index contributed by atoms with van der Waals surface area (Å²) >= 11 is 0. The van der Waals surface area contributed by atoms with Crippen molar-refractivity contribution in [3.8, 4) is 28.7 Å². The number of aliphatic hydroxyl groups is 3. The predicted octanol–water partition coefficient (Wildman–Crippen LogP) is 10.2. The van der Waals surface area contributed by atoms with Crippen molar-refractivity contribution in [3.63, 3.8) is 0 Å². The van der Waals surface area contributed by atoms with Gasteiger partial charge in [0.05, 0.1) is 29.4 Å². The Bertz CT molecular complexity index is 3480. The number of aromatic hydroxyl groups is 1. The second-order valence-electron chi connectivity index (χ2n) is 27.8. The third kappa shape index (κ3) is 11.7. The van der Waals surface area contributed by atoms with E-state index in [9.17, 15) is 20.4 Å². The van der Waals surface area contributed by atoms with Crippen LogP contribution in [-0.2, 0) is 45.0 Å². The number of benzene rings is 4. The summed E-state index contributed by atoms with van der Waals surface area (Å²) in [6, 6.07) is 31.5. The number of phenolic OH excluding ortho intramolecular Hbond substituents is 1. The SMILES string of the molecule is CCCNCc1cc2cc(c1)[C@@H]1NC[C@@](C)(O)CC#C[C@H](CO)C[C@@H]3C[C@@]([C@@H]4CCN[C@H](NC)C4)(C/C=C4\OC(=O)C5=C4CC[C@H]4[C@H]6CC[C@]7(C(=C6c6cc(O)ccc6-c6cccc(c6)CNCC2)C(=O)O/C7=C\[C@H](CCO)Cc2ccccc2)[C@@H]54)C[C@H]31. The van der Waals surface area contributed by atoms with E-state index in [-0.39, 0.29) is 78.1 Å². The number of carbonyl (C=O) groups is 2. The van der Waals surface area contributed by atoms with Crippen LogP contribution in [0.25, 0.3) is 16.7 Å². The minimum Gasteiger partial charge on any atom is -0.508 e. The number of allylic oxidation sites excluding steroid dienone is 5. The molecule has 9 N–H and O–H groups in total. The van der Waals surface area contributed by atoms with Gasteiger partial charge in [0.1, 0.15) is 17.3 Å². The third-order valence-electron chi connectivity index (χ3n) is 22.2. The normalized spacial score (nSPS) is 33.3. The number of fused-ring (bicyclic) bond motifs is 5. The standard InChI is InChI=1S/C75H91N5O8/c1-4-27-77-43-51-32-47-21-28-78-42-49-12-8-14-52(34-49)57-16-15-56(83)39-61(57)66-58-19-26-75(64(88-72(85)69(66)75)37-48(23-30-81)31-46-10-6-5-7-11-46)68-59(58)17-18-60-63(87-71(84)67(60)68)20-25-74(55-22-29-79-65(38-55)76-3)40-54-35-50(44-82)13-9-24-73(2,86)45-80-70(62(54)41-74)53(33-47)36-51/h5-8,10-12,14-16,20,32-34,36-37,39,48,50,54-55,58-59,62,65,68,70,76-83,86H,4,17-19,21-31,35,38,40-45H2,1-3H3/b63-20-,64-37-/t48-,50+,54-,55-,58-,59+,62-,65+,68-,70+,73+,74+,75-/m1/s1. The Balaban J connectivity index is 1.00. The number of nitrogens with one attached hydrogen (secondary N) is 5. The van der Waals surface area contributed by atoms with Crippen LogP contribution >= 0.6 is 0 Å². The first-order valence-electron chi connectivity index (χ1n) is 33.2. The maximum Gasteiger partial charge on any atom is 0.340 e. The van der Waals surface area contributed by atoms with E-state index < -0.39 is 22.9 Å². The molecule has 4 aromatic rings. The average molecular weight is 1190 g/mol. The van der Waals surface area contributed by atoms with E-state index in [2.05, 4.69) is 112 Å². The highest BCUT2D eigenvalue weighted by Crippen LogP contribution is 2.72. The molecule has 6 aliphatic heterocycles. The van der Waals surface area contributed by atoms with Crippen LogP contribution in [0.15, 0.2) is 131 Å². The quantitative estimate of drug-likeness (QED) is 0.0370. The lowest BCUT2D eigenvalue weighted by atomic mass is 9.44. The zero-order valence-corrected chi connectivity index (χ0v) is 51.8. The van der Waals surface area contributed by atoms with Crippen LogP contribution in [-0.4, -0.2) is 90.6 Å². The molecule has 13 nitrogen and oxygen atoms in total. The molecule has 0 aromatic heterocycles. The number of ether oxygens (including phenoxy) is 2. The molecular formula is C75H91N5O8. The number of rotatable bonds is 12. The fourth-order valence-electron chi connectivity index (χ4n) is 18.2. The number of phenols is 1. The van der Waals surface area contributed by atoms with E-state index in [0.29, 0.717) is 80.2 Å². The van der Waals surface area contributed by atoms with E-state index >= 15 is 9.59 Å². The highest BCUT2D eigenvalue weighted by atomic mass is 16.6. The Kier molecular flexibility index (Phi) is 17.7. The summed E-state index contributed by atoms with van der Waals surface area (Å²) in [6.45, 7) is 8.20. The Hall–Kier alpha value is -6.18. The average Bonchev–Trinajstić information content (AvgIpc) is 1.41. The minimum absolute atomic E-state index is 0.0435. The molecule has 88 heavy (non-hydrogen) atoms. The number of piperidine rings is 1. The number of hydrogen-bond donors (Lipinski definition) is 9. The largest absolute Gasteiger partial charge is 0.508 e. The fraction of sp³-hybridized carbons (Fsp3) is 0.520. The number of cyclic esters (lactones) is 1. The van der Waals surface area contributed by atoms with Crippen molar-refractivity contribution in [2.24, 2.45) is 58.2 Å². The summed E-state index contributed by atoms with van der Waals surface area (Å²) in [7, 11) is 2.04. The Labute approximate surface area is 520 Å².